The van der Waals surface area contributed by atoms with E-state index in [4.69, 9.17) is 0 Å². The van der Waals surface area contributed by atoms with E-state index in [1.807, 2.05) is 0 Å². The minimum absolute atomic E-state index is 0.0516. The molecule has 0 saturated heterocycles. The molecule has 0 unspecified atom stereocenters. The lowest BCUT2D eigenvalue weighted by atomic mass is 10.2. The second kappa shape index (κ2) is 5.48. The maximum Gasteiger partial charge on any atom is 0.244 e. The number of benzene rings is 1. The molecule has 4 nitrogen and oxygen atoms in total. The second-order valence-corrected chi connectivity index (χ2v) is 4.19. The molecule has 1 heterocycles. The van der Waals surface area contributed by atoms with Gasteiger partial charge in [-0.2, -0.15) is 0 Å². The van der Waals surface area contributed by atoms with E-state index in [9.17, 15) is 14.0 Å². The number of ketones is 1. The normalized spacial score (nSPS) is 10.2. The lowest BCUT2D eigenvalue weighted by molar-refractivity contribution is -0.116. The highest BCUT2D eigenvalue weighted by atomic mass is 19.1. The molecule has 1 N–H and O–H groups in total. The van der Waals surface area contributed by atoms with Crippen LogP contribution >= 0.6 is 0 Å². The largest absolute Gasteiger partial charge is 0.344 e. The first-order valence-corrected chi connectivity index (χ1v) is 5.77. The summed E-state index contributed by atoms with van der Waals surface area (Å²) in [5.74, 6) is -0.738. The fraction of sp³-hybridized carbons (Fsp3) is 0.143. The Bertz CT molecular complexity index is 619. The van der Waals surface area contributed by atoms with E-state index < -0.39 is 5.82 Å². The molecule has 2 rings (SSSR count). The van der Waals surface area contributed by atoms with Crippen LogP contribution in [0, 0.1) is 5.82 Å². The number of hydrogen-bond acceptors (Lipinski definition) is 2. The molecule has 0 spiro atoms. The Kier molecular flexibility index (Phi) is 3.75. The molecule has 0 aliphatic heterocycles. The van der Waals surface area contributed by atoms with Crippen molar-refractivity contribution in [2.45, 2.75) is 13.5 Å². The van der Waals surface area contributed by atoms with Gasteiger partial charge in [0.25, 0.3) is 0 Å². The number of amides is 1. The Morgan fingerprint density at radius 3 is 2.74 bits per heavy atom. The van der Waals surface area contributed by atoms with Crippen molar-refractivity contribution < 1.29 is 14.0 Å². The van der Waals surface area contributed by atoms with Crippen molar-refractivity contribution in [1.29, 1.82) is 0 Å². The zero-order valence-electron chi connectivity index (χ0n) is 10.4. The first kappa shape index (κ1) is 13.0. The van der Waals surface area contributed by atoms with Gasteiger partial charge in [0.1, 0.15) is 12.4 Å². The van der Waals surface area contributed by atoms with Gasteiger partial charge in [-0.15, -0.1) is 0 Å². The Morgan fingerprint density at radius 2 is 2.11 bits per heavy atom. The number of rotatable bonds is 4. The lowest BCUT2D eigenvalue weighted by Gasteiger charge is -2.06. The van der Waals surface area contributed by atoms with Crippen molar-refractivity contribution in [3.05, 3.63) is 54.1 Å². The van der Waals surface area contributed by atoms with E-state index in [1.165, 1.54) is 25.1 Å². The monoisotopic (exact) mass is 260 g/mol. The highest BCUT2D eigenvalue weighted by Crippen LogP contribution is 2.09. The number of halogens is 1. The molecule has 0 saturated carbocycles. The van der Waals surface area contributed by atoms with Crippen molar-refractivity contribution in [2.24, 2.45) is 0 Å². The van der Waals surface area contributed by atoms with Crippen LogP contribution in [0.4, 0.5) is 10.1 Å². The molecule has 0 aliphatic rings. The predicted octanol–water partition coefficient (Wildman–Crippen LogP) is 2.47. The van der Waals surface area contributed by atoms with Crippen LogP contribution in [0.25, 0.3) is 0 Å². The third kappa shape index (κ3) is 3.51. The molecular formula is C14H13FN2O2. The van der Waals surface area contributed by atoms with Crippen molar-refractivity contribution in [2.75, 3.05) is 5.32 Å². The van der Waals surface area contributed by atoms with Crippen molar-refractivity contribution in [3.63, 3.8) is 0 Å². The molecule has 0 atom stereocenters. The van der Waals surface area contributed by atoms with Gasteiger partial charge in [-0.3, -0.25) is 9.59 Å². The van der Waals surface area contributed by atoms with Gasteiger partial charge in [0.15, 0.2) is 5.78 Å². The van der Waals surface area contributed by atoms with Crippen LogP contribution < -0.4 is 5.32 Å². The first-order chi connectivity index (χ1) is 9.04. The number of hydrogen-bond donors (Lipinski definition) is 1. The fourth-order valence-electron chi connectivity index (χ4n) is 1.68. The molecule has 5 heteroatoms. The Balaban J connectivity index is 1.99. The quantitative estimate of drug-likeness (QED) is 0.858. The second-order valence-electron chi connectivity index (χ2n) is 4.19. The van der Waals surface area contributed by atoms with Gasteiger partial charge in [-0.05, 0) is 31.2 Å². The summed E-state index contributed by atoms with van der Waals surface area (Å²) in [5, 5.41) is 2.59. The van der Waals surface area contributed by atoms with Crippen LogP contribution in [0.1, 0.15) is 17.3 Å². The number of anilines is 1. The average Bonchev–Trinajstić information content (AvgIpc) is 2.77. The summed E-state index contributed by atoms with van der Waals surface area (Å²) in [7, 11) is 0. The van der Waals surface area contributed by atoms with Crippen LogP contribution in [-0.2, 0) is 11.3 Å². The van der Waals surface area contributed by atoms with Gasteiger partial charge in [-0.25, -0.2) is 4.39 Å². The zero-order valence-corrected chi connectivity index (χ0v) is 10.4. The molecule has 1 amide bonds. The third-order valence-electron chi connectivity index (χ3n) is 2.59. The van der Waals surface area contributed by atoms with Crippen LogP contribution in [-0.4, -0.2) is 16.3 Å². The fourth-order valence-corrected chi connectivity index (χ4v) is 1.68. The maximum atomic E-state index is 12.9. The summed E-state index contributed by atoms with van der Waals surface area (Å²) in [5.41, 5.74) is 0.961. The lowest BCUT2D eigenvalue weighted by Crippen LogP contribution is -2.17. The van der Waals surface area contributed by atoms with E-state index in [0.717, 1.165) is 0 Å². The molecule has 1 aromatic heterocycles. The number of carbonyl (C=O) groups is 2. The van der Waals surface area contributed by atoms with Crippen LogP contribution in [0.2, 0.25) is 0 Å². The van der Waals surface area contributed by atoms with Gasteiger partial charge in [0.2, 0.25) is 5.91 Å². The first-order valence-electron chi connectivity index (χ1n) is 5.77. The molecule has 0 radical (unpaired) electrons. The van der Waals surface area contributed by atoms with Crippen LogP contribution in [0.3, 0.4) is 0 Å². The highest BCUT2D eigenvalue weighted by molar-refractivity contribution is 5.94. The van der Waals surface area contributed by atoms with Crippen LogP contribution in [0.15, 0.2) is 42.7 Å². The average molecular weight is 260 g/mol. The molecule has 98 valence electrons. The van der Waals surface area contributed by atoms with Gasteiger partial charge in [0.05, 0.1) is 0 Å². The number of aromatic nitrogens is 1. The minimum Gasteiger partial charge on any atom is -0.344 e. The van der Waals surface area contributed by atoms with Gasteiger partial charge < -0.3 is 9.88 Å². The van der Waals surface area contributed by atoms with E-state index in [1.54, 1.807) is 29.1 Å². The van der Waals surface area contributed by atoms with Gasteiger partial charge >= 0.3 is 0 Å². The van der Waals surface area contributed by atoms with Gasteiger partial charge in [0, 0.05) is 23.6 Å². The van der Waals surface area contributed by atoms with E-state index in [-0.39, 0.29) is 18.2 Å². The van der Waals surface area contributed by atoms with E-state index >= 15 is 0 Å². The van der Waals surface area contributed by atoms with E-state index in [0.29, 0.717) is 11.3 Å². The highest BCUT2D eigenvalue weighted by Gasteiger charge is 2.06. The Labute approximate surface area is 109 Å². The molecule has 0 fully saturated rings. The summed E-state index contributed by atoms with van der Waals surface area (Å²) in [6.45, 7) is 1.54. The maximum absolute atomic E-state index is 12.9. The van der Waals surface area contributed by atoms with Gasteiger partial charge in [-0.1, -0.05) is 6.07 Å². The summed E-state index contributed by atoms with van der Waals surface area (Å²) in [4.78, 5) is 22.9. The molecule has 0 bridgehead atoms. The van der Waals surface area contributed by atoms with Crippen LogP contribution in [0.5, 0.6) is 0 Å². The zero-order chi connectivity index (χ0) is 13.8. The summed E-state index contributed by atoms with van der Waals surface area (Å²) in [6, 6.07) is 7.33. The molecule has 19 heavy (non-hydrogen) atoms. The molecule has 2 aromatic rings. The topological polar surface area (TPSA) is 51.1 Å². The molecular weight excluding hydrogens is 247 g/mol. The van der Waals surface area contributed by atoms with E-state index in [2.05, 4.69) is 5.32 Å². The predicted molar refractivity (Wildman–Crippen MR) is 69.5 cm³/mol. The molecule has 1 aromatic carbocycles. The molecule has 0 aliphatic carbocycles. The Hall–Kier alpha value is -2.43. The summed E-state index contributed by atoms with van der Waals surface area (Å²) >= 11 is 0. The summed E-state index contributed by atoms with van der Waals surface area (Å²) in [6.07, 6.45) is 3.26. The number of nitrogens with zero attached hydrogens (tertiary/aromatic N) is 1. The smallest absolute Gasteiger partial charge is 0.244 e. The van der Waals surface area contributed by atoms with Crippen molar-refractivity contribution in [3.8, 4) is 0 Å². The van der Waals surface area contributed by atoms with Crippen molar-refractivity contribution in [1.82, 2.24) is 4.57 Å². The van der Waals surface area contributed by atoms with Crippen molar-refractivity contribution >= 4 is 17.4 Å². The standard InChI is InChI=1S/C14H13FN2O2/c1-10(18)11-5-6-17(8-11)9-14(19)16-13-4-2-3-12(15)7-13/h2-8H,9H2,1H3,(H,16,19). The third-order valence-corrected chi connectivity index (χ3v) is 2.59. The SMILES string of the molecule is CC(=O)c1ccn(CC(=O)Nc2cccc(F)c2)c1. The number of Topliss-reactive ketones (excluding diaryl/α,β-unsaturated/α-hetero) is 1. The minimum atomic E-state index is -0.405. The number of nitrogens with one attached hydrogen (secondary N) is 1. The Morgan fingerprint density at radius 1 is 1.32 bits per heavy atom. The number of carbonyl (C=O) groups excluding carboxylic acids is 2. The summed E-state index contributed by atoms with van der Waals surface area (Å²) < 4.78 is 14.5.